The fourth-order valence-corrected chi connectivity index (χ4v) is 4.64. The van der Waals surface area contributed by atoms with Crippen LogP contribution in [-0.4, -0.2) is 18.8 Å². The summed E-state index contributed by atoms with van der Waals surface area (Å²) in [6.07, 6.45) is 1.13. The Bertz CT molecular complexity index is 653. The Morgan fingerprint density at radius 2 is 2.05 bits per heavy atom. The second-order valence-corrected chi connectivity index (χ2v) is 6.66. The van der Waals surface area contributed by atoms with E-state index in [1.54, 1.807) is 0 Å². The summed E-state index contributed by atoms with van der Waals surface area (Å²) in [5, 5.41) is 0. The molecule has 2 heterocycles. The second-order valence-electron chi connectivity index (χ2n) is 5.60. The van der Waals surface area contributed by atoms with Crippen LogP contribution in [0.1, 0.15) is 17.0 Å². The molecule has 0 aromatic heterocycles. The summed E-state index contributed by atoms with van der Waals surface area (Å²) < 4.78 is 0. The molecule has 2 N–H and O–H groups in total. The molecule has 0 saturated heterocycles. The quantitative estimate of drug-likeness (QED) is 0.855. The first-order valence-electron chi connectivity index (χ1n) is 7.17. The van der Waals surface area contributed by atoms with E-state index < -0.39 is 0 Å². The highest BCUT2D eigenvalue weighted by atomic mass is 32.2. The molecule has 20 heavy (non-hydrogen) atoms. The SMILES string of the molecule is Nc1cccc2c1N(CC1CSc3ccccc31)CC2. The van der Waals surface area contributed by atoms with Gasteiger partial charge in [0, 0.05) is 29.7 Å². The zero-order valence-corrected chi connectivity index (χ0v) is 12.2. The molecule has 0 radical (unpaired) electrons. The third-order valence-corrected chi connectivity index (χ3v) is 5.61. The number of hydrogen-bond donors (Lipinski definition) is 1. The molecule has 4 rings (SSSR count). The Labute approximate surface area is 124 Å². The number of rotatable bonds is 2. The van der Waals surface area contributed by atoms with Crippen molar-refractivity contribution in [3.8, 4) is 0 Å². The molecule has 0 bridgehead atoms. The molecular formula is C17H18N2S. The van der Waals surface area contributed by atoms with E-state index in [0.29, 0.717) is 5.92 Å². The minimum atomic E-state index is 0.627. The van der Waals surface area contributed by atoms with Crippen LogP contribution < -0.4 is 10.6 Å². The smallest absolute Gasteiger partial charge is 0.0633 e. The van der Waals surface area contributed by atoms with Gasteiger partial charge in [0.05, 0.1) is 11.4 Å². The van der Waals surface area contributed by atoms with Crippen molar-refractivity contribution >= 4 is 23.1 Å². The Kier molecular flexibility index (Phi) is 2.88. The maximum absolute atomic E-state index is 6.18. The summed E-state index contributed by atoms with van der Waals surface area (Å²) in [5.74, 6) is 1.82. The molecule has 1 atom stereocenters. The molecule has 0 amide bonds. The minimum Gasteiger partial charge on any atom is -0.397 e. The van der Waals surface area contributed by atoms with Crippen LogP contribution >= 0.6 is 11.8 Å². The number of anilines is 2. The first-order valence-corrected chi connectivity index (χ1v) is 8.15. The average molecular weight is 282 g/mol. The topological polar surface area (TPSA) is 29.3 Å². The fraction of sp³-hybridized carbons (Fsp3) is 0.294. The first-order chi connectivity index (χ1) is 9.83. The number of nitrogen functional groups attached to an aromatic ring is 1. The van der Waals surface area contributed by atoms with Crippen molar-refractivity contribution < 1.29 is 0 Å². The highest BCUT2D eigenvalue weighted by molar-refractivity contribution is 7.99. The fourth-order valence-electron chi connectivity index (χ4n) is 3.39. The Balaban J connectivity index is 1.61. The zero-order valence-electron chi connectivity index (χ0n) is 11.4. The standard InChI is InChI=1S/C17H18N2S/c18-15-6-3-4-12-8-9-19(17(12)15)10-13-11-20-16-7-2-1-5-14(13)16/h1-7,13H,8-11,18H2. The van der Waals surface area contributed by atoms with E-state index in [2.05, 4.69) is 41.3 Å². The van der Waals surface area contributed by atoms with Gasteiger partial charge in [-0.15, -0.1) is 11.8 Å². The second kappa shape index (κ2) is 4.74. The average Bonchev–Trinajstić information content (AvgIpc) is 3.06. The van der Waals surface area contributed by atoms with Gasteiger partial charge in [0.15, 0.2) is 0 Å². The summed E-state index contributed by atoms with van der Waals surface area (Å²) in [6, 6.07) is 15.1. The third kappa shape index (κ3) is 1.88. The lowest BCUT2D eigenvalue weighted by Crippen LogP contribution is -2.27. The van der Waals surface area contributed by atoms with Gasteiger partial charge in [-0.05, 0) is 29.7 Å². The van der Waals surface area contributed by atoms with Gasteiger partial charge in [-0.25, -0.2) is 0 Å². The Morgan fingerprint density at radius 3 is 3.00 bits per heavy atom. The van der Waals surface area contributed by atoms with Crippen molar-refractivity contribution in [1.29, 1.82) is 0 Å². The first kappa shape index (κ1) is 12.2. The summed E-state index contributed by atoms with van der Waals surface area (Å²) in [5.41, 5.74) is 11.3. The number of fused-ring (bicyclic) bond motifs is 2. The van der Waals surface area contributed by atoms with Crippen LogP contribution in [0.15, 0.2) is 47.4 Å². The number of para-hydroxylation sites is 1. The molecule has 3 heteroatoms. The molecule has 2 nitrogen and oxygen atoms in total. The van der Waals surface area contributed by atoms with Gasteiger partial charge in [-0.3, -0.25) is 0 Å². The van der Waals surface area contributed by atoms with E-state index in [-0.39, 0.29) is 0 Å². The minimum absolute atomic E-state index is 0.627. The van der Waals surface area contributed by atoms with Gasteiger partial charge in [0.1, 0.15) is 0 Å². The van der Waals surface area contributed by atoms with Gasteiger partial charge >= 0.3 is 0 Å². The Hall–Kier alpha value is -1.61. The highest BCUT2D eigenvalue weighted by Gasteiger charge is 2.28. The number of nitrogens with two attached hydrogens (primary N) is 1. The maximum Gasteiger partial charge on any atom is 0.0633 e. The summed E-state index contributed by atoms with van der Waals surface area (Å²) >= 11 is 1.99. The Morgan fingerprint density at radius 1 is 1.15 bits per heavy atom. The lowest BCUT2D eigenvalue weighted by molar-refractivity contribution is 0.716. The maximum atomic E-state index is 6.18. The lowest BCUT2D eigenvalue weighted by atomic mass is 10.0. The molecule has 2 aliphatic heterocycles. The third-order valence-electron chi connectivity index (χ3n) is 4.36. The van der Waals surface area contributed by atoms with E-state index in [9.17, 15) is 0 Å². The van der Waals surface area contributed by atoms with Crippen molar-refractivity contribution in [1.82, 2.24) is 0 Å². The zero-order chi connectivity index (χ0) is 13.5. The van der Waals surface area contributed by atoms with Crippen LogP contribution in [0.3, 0.4) is 0 Å². The van der Waals surface area contributed by atoms with Gasteiger partial charge in [0.2, 0.25) is 0 Å². The predicted octanol–water partition coefficient (Wildman–Crippen LogP) is 3.52. The summed E-state index contributed by atoms with van der Waals surface area (Å²) in [7, 11) is 0. The van der Waals surface area contributed by atoms with Crippen LogP contribution in [-0.2, 0) is 6.42 Å². The molecule has 2 aromatic rings. The molecule has 102 valence electrons. The largest absolute Gasteiger partial charge is 0.397 e. The van der Waals surface area contributed by atoms with Gasteiger partial charge in [0.25, 0.3) is 0 Å². The van der Waals surface area contributed by atoms with Crippen molar-refractivity contribution in [2.75, 3.05) is 29.5 Å². The van der Waals surface area contributed by atoms with E-state index in [4.69, 9.17) is 5.73 Å². The highest BCUT2D eigenvalue weighted by Crippen LogP contribution is 2.42. The number of benzene rings is 2. The molecule has 2 aromatic carbocycles. The predicted molar refractivity (Wildman–Crippen MR) is 86.7 cm³/mol. The van der Waals surface area contributed by atoms with E-state index in [1.165, 1.54) is 27.5 Å². The van der Waals surface area contributed by atoms with Crippen molar-refractivity contribution in [3.63, 3.8) is 0 Å². The molecular weight excluding hydrogens is 264 g/mol. The van der Waals surface area contributed by atoms with Crippen molar-refractivity contribution in [2.45, 2.75) is 17.2 Å². The molecule has 2 aliphatic rings. The molecule has 0 spiro atoms. The molecule has 0 fully saturated rings. The van der Waals surface area contributed by atoms with Crippen molar-refractivity contribution in [2.24, 2.45) is 0 Å². The van der Waals surface area contributed by atoms with E-state index in [0.717, 1.165) is 25.2 Å². The van der Waals surface area contributed by atoms with Gasteiger partial charge < -0.3 is 10.6 Å². The van der Waals surface area contributed by atoms with Crippen LogP contribution in [0.5, 0.6) is 0 Å². The summed E-state index contributed by atoms with van der Waals surface area (Å²) in [6.45, 7) is 2.19. The lowest BCUT2D eigenvalue weighted by Gasteiger charge is -2.24. The van der Waals surface area contributed by atoms with Crippen LogP contribution in [0.4, 0.5) is 11.4 Å². The normalized spacial score (nSPS) is 20.0. The summed E-state index contributed by atoms with van der Waals surface area (Å²) in [4.78, 5) is 3.94. The number of thioether (sulfide) groups is 1. The van der Waals surface area contributed by atoms with E-state index >= 15 is 0 Å². The molecule has 0 saturated carbocycles. The van der Waals surface area contributed by atoms with E-state index in [1.807, 2.05) is 17.8 Å². The van der Waals surface area contributed by atoms with Crippen LogP contribution in [0.2, 0.25) is 0 Å². The molecule has 0 aliphatic carbocycles. The van der Waals surface area contributed by atoms with Crippen LogP contribution in [0, 0.1) is 0 Å². The van der Waals surface area contributed by atoms with Crippen LogP contribution in [0.25, 0.3) is 0 Å². The van der Waals surface area contributed by atoms with Gasteiger partial charge in [-0.2, -0.15) is 0 Å². The number of hydrogen-bond acceptors (Lipinski definition) is 3. The van der Waals surface area contributed by atoms with Crippen molar-refractivity contribution in [3.05, 3.63) is 53.6 Å². The molecule has 1 unspecified atom stereocenters. The number of nitrogens with zero attached hydrogens (tertiary/aromatic N) is 1. The monoisotopic (exact) mass is 282 g/mol. The van der Waals surface area contributed by atoms with Gasteiger partial charge in [-0.1, -0.05) is 30.3 Å².